The molecule has 0 bridgehead atoms. The molecule has 0 fully saturated rings. The van der Waals surface area contributed by atoms with Gasteiger partial charge in [-0.1, -0.05) is 48.5 Å². The van der Waals surface area contributed by atoms with Gasteiger partial charge in [-0.2, -0.15) is 0 Å². The van der Waals surface area contributed by atoms with Crippen molar-refractivity contribution >= 4 is 64.0 Å². The highest BCUT2D eigenvalue weighted by Gasteiger charge is 2.20. The van der Waals surface area contributed by atoms with Crippen LogP contribution in [0.25, 0.3) is 52.6 Å². The molecule has 0 amide bonds. The summed E-state index contributed by atoms with van der Waals surface area (Å²) >= 11 is 1.66. The summed E-state index contributed by atoms with van der Waals surface area (Å²) in [4.78, 5) is 18.0. The quantitative estimate of drug-likeness (QED) is 0.276. The fourth-order valence-corrected chi connectivity index (χ4v) is 5.35. The number of ether oxygens (including phenoxy) is 1. The largest absolute Gasteiger partial charge is 0.480 e. The molecule has 0 atom stereocenters. The third-order valence-electron chi connectivity index (χ3n) is 5.33. The van der Waals surface area contributed by atoms with Gasteiger partial charge in [0.15, 0.2) is 5.43 Å². The molecule has 0 unspecified atom stereocenters. The van der Waals surface area contributed by atoms with Gasteiger partial charge < -0.3 is 4.74 Å². The summed E-state index contributed by atoms with van der Waals surface area (Å²) in [7, 11) is 1.65. The highest BCUT2D eigenvalue weighted by Crippen LogP contribution is 2.44. The summed E-state index contributed by atoms with van der Waals surface area (Å²) < 4.78 is 7.84. The molecule has 2 aromatic heterocycles. The molecule has 4 heteroatoms. The smallest absolute Gasteiger partial charge is 0.232 e. The minimum absolute atomic E-state index is 0.0615. The van der Waals surface area contributed by atoms with Crippen LogP contribution in [0.3, 0.4) is 0 Å². The Labute approximate surface area is 157 Å². The Morgan fingerprint density at radius 3 is 2.30 bits per heavy atom. The van der Waals surface area contributed by atoms with Gasteiger partial charge in [-0.05, 0) is 22.9 Å². The number of methoxy groups -OCH3 is 1. The van der Waals surface area contributed by atoms with E-state index in [9.17, 15) is 4.79 Å². The molecular formula is C23H13NO2S. The lowest BCUT2D eigenvalue weighted by molar-refractivity contribution is 0.406. The van der Waals surface area contributed by atoms with E-state index in [2.05, 4.69) is 24.3 Å². The summed E-state index contributed by atoms with van der Waals surface area (Å²) in [6.07, 6.45) is 0. The van der Waals surface area contributed by atoms with E-state index in [1.54, 1.807) is 18.4 Å². The van der Waals surface area contributed by atoms with Gasteiger partial charge in [-0.15, -0.1) is 11.3 Å². The molecule has 0 spiro atoms. The zero-order valence-corrected chi connectivity index (χ0v) is 15.3. The fraction of sp³-hybridized carbons (Fsp3) is 0.0435. The Balaban J connectivity index is 2.06. The topological polar surface area (TPSA) is 39.2 Å². The highest BCUT2D eigenvalue weighted by atomic mass is 32.1. The van der Waals surface area contributed by atoms with Crippen LogP contribution in [0.1, 0.15) is 0 Å². The van der Waals surface area contributed by atoms with Gasteiger partial charge in [0.05, 0.1) is 17.3 Å². The van der Waals surface area contributed by atoms with Crippen LogP contribution < -0.4 is 10.2 Å². The molecule has 3 nitrogen and oxygen atoms in total. The Morgan fingerprint density at radius 1 is 0.778 bits per heavy atom. The maximum atomic E-state index is 13.2. The molecule has 0 N–H and O–H groups in total. The highest BCUT2D eigenvalue weighted by molar-refractivity contribution is 7.25. The Bertz CT molecular complexity index is 1580. The molecule has 0 radical (unpaired) electrons. The molecule has 27 heavy (non-hydrogen) atoms. The average molecular weight is 367 g/mol. The van der Waals surface area contributed by atoms with Gasteiger partial charge in [0.1, 0.15) is 0 Å². The molecule has 128 valence electrons. The molecule has 0 saturated heterocycles. The minimum Gasteiger partial charge on any atom is -0.480 e. The normalized spacial score (nSPS) is 12.0. The van der Waals surface area contributed by atoms with E-state index in [-0.39, 0.29) is 5.43 Å². The number of nitrogens with zero attached hydrogens (tertiary/aromatic N) is 1. The number of rotatable bonds is 1. The first-order valence-electron chi connectivity index (χ1n) is 8.74. The SMILES string of the molecule is COc1nc2c3ccccc3c(=O)c3ccc4c5ccccc5sc1c4c32. The maximum absolute atomic E-state index is 13.2. The van der Waals surface area contributed by atoms with Crippen LogP contribution in [-0.2, 0) is 0 Å². The van der Waals surface area contributed by atoms with Crippen LogP contribution >= 0.6 is 11.3 Å². The van der Waals surface area contributed by atoms with Crippen molar-refractivity contribution in [3.8, 4) is 5.88 Å². The van der Waals surface area contributed by atoms with E-state index in [1.807, 2.05) is 36.4 Å². The lowest BCUT2D eigenvalue weighted by Crippen LogP contribution is -2.05. The van der Waals surface area contributed by atoms with Crippen LogP contribution in [0.2, 0.25) is 0 Å². The van der Waals surface area contributed by atoms with E-state index < -0.39 is 0 Å². The molecule has 4 aromatic carbocycles. The number of hydrogen-bond donors (Lipinski definition) is 0. The Morgan fingerprint density at radius 2 is 1.48 bits per heavy atom. The zero-order chi connectivity index (χ0) is 18.1. The van der Waals surface area contributed by atoms with Crippen molar-refractivity contribution in [3.05, 3.63) is 70.9 Å². The molecular weight excluding hydrogens is 354 g/mol. The predicted molar refractivity (Wildman–Crippen MR) is 114 cm³/mol. The minimum atomic E-state index is 0.0615. The summed E-state index contributed by atoms with van der Waals surface area (Å²) in [5.41, 5.74) is 0.893. The second-order valence-corrected chi connectivity index (χ2v) is 7.73. The second-order valence-electron chi connectivity index (χ2n) is 6.68. The maximum Gasteiger partial charge on any atom is 0.232 e. The summed E-state index contributed by atoms with van der Waals surface area (Å²) in [5.74, 6) is 0.611. The van der Waals surface area contributed by atoms with Gasteiger partial charge in [0.2, 0.25) is 5.88 Å². The van der Waals surface area contributed by atoms with Crippen LogP contribution in [0.4, 0.5) is 0 Å². The molecule has 0 aliphatic heterocycles. The van der Waals surface area contributed by atoms with Crippen molar-refractivity contribution in [2.45, 2.75) is 0 Å². The van der Waals surface area contributed by atoms with Crippen molar-refractivity contribution in [2.75, 3.05) is 7.11 Å². The zero-order valence-electron chi connectivity index (χ0n) is 14.4. The number of hydrogen-bond acceptors (Lipinski definition) is 4. The van der Waals surface area contributed by atoms with Crippen molar-refractivity contribution in [1.29, 1.82) is 0 Å². The number of pyridine rings is 1. The van der Waals surface area contributed by atoms with Crippen molar-refractivity contribution < 1.29 is 4.74 Å². The monoisotopic (exact) mass is 367 g/mol. The summed E-state index contributed by atoms with van der Waals surface area (Å²) in [5, 5.41) is 6.63. The third kappa shape index (κ3) is 1.80. The first kappa shape index (κ1) is 14.9. The van der Waals surface area contributed by atoms with Gasteiger partial charge in [-0.3, -0.25) is 4.79 Å². The lowest BCUT2D eigenvalue weighted by atomic mass is 9.95. The van der Waals surface area contributed by atoms with Gasteiger partial charge in [0, 0.05) is 31.6 Å². The van der Waals surface area contributed by atoms with Crippen LogP contribution in [0, 0.1) is 0 Å². The van der Waals surface area contributed by atoms with Gasteiger partial charge in [-0.25, -0.2) is 4.98 Å². The van der Waals surface area contributed by atoms with E-state index in [0.29, 0.717) is 11.3 Å². The number of benzene rings is 4. The predicted octanol–water partition coefficient (Wildman–Crippen LogP) is 5.72. The van der Waals surface area contributed by atoms with E-state index in [4.69, 9.17) is 9.72 Å². The molecule has 6 aromatic rings. The Kier molecular flexibility index (Phi) is 2.84. The van der Waals surface area contributed by atoms with Crippen LogP contribution in [-0.4, -0.2) is 12.1 Å². The van der Waals surface area contributed by atoms with Gasteiger partial charge >= 0.3 is 0 Å². The van der Waals surface area contributed by atoms with Gasteiger partial charge in [0.25, 0.3) is 0 Å². The molecule has 6 rings (SSSR count). The lowest BCUT2D eigenvalue weighted by Gasteiger charge is -2.15. The molecule has 0 aliphatic carbocycles. The molecule has 0 aliphatic rings. The van der Waals surface area contributed by atoms with Crippen molar-refractivity contribution in [3.63, 3.8) is 0 Å². The number of aromatic nitrogens is 1. The second kappa shape index (κ2) is 5.15. The summed E-state index contributed by atoms with van der Waals surface area (Å²) in [6, 6.07) is 20.0. The number of fused-ring (bicyclic) bond motifs is 4. The van der Waals surface area contributed by atoms with E-state index >= 15 is 0 Å². The van der Waals surface area contributed by atoms with Crippen molar-refractivity contribution in [1.82, 2.24) is 4.98 Å². The molecule has 2 heterocycles. The average Bonchev–Trinajstić information content (AvgIpc) is 2.73. The summed E-state index contributed by atoms with van der Waals surface area (Å²) in [6.45, 7) is 0. The fourth-order valence-electron chi connectivity index (χ4n) is 4.16. The van der Waals surface area contributed by atoms with Crippen molar-refractivity contribution in [2.24, 2.45) is 0 Å². The first-order valence-corrected chi connectivity index (χ1v) is 9.55. The van der Waals surface area contributed by atoms with Crippen LogP contribution in [0.5, 0.6) is 5.88 Å². The van der Waals surface area contributed by atoms with E-state index in [0.717, 1.165) is 37.1 Å². The standard InChI is InChI=1S/C23H13NO2S/c1-26-23-22-19-13(12-6-4-5-9-17(12)27-22)10-11-16-18(19)20(24-23)14-7-2-3-8-15(14)21(16)25/h2-11H,1H3. The Hall–Kier alpha value is -3.24. The molecule has 0 saturated carbocycles. The third-order valence-corrected chi connectivity index (χ3v) is 6.49. The first-order chi connectivity index (χ1) is 13.3. The van der Waals surface area contributed by atoms with Crippen LogP contribution in [0.15, 0.2) is 65.5 Å². The van der Waals surface area contributed by atoms with E-state index in [1.165, 1.54) is 10.1 Å².